The molecular formula is C30H57NO6S4Si2. The van der Waals surface area contributed by atoms with Crippen LogP contribution in [0.3, 0.4) is 0 Å². The maximum Gasteiger partial charge on any atom is 0.500 e. The van der Waals surface area contributed by atoms with Crippen molar-refractivity contribution in [3.05, 3.63) is 35.9 Å². The molecule has 0 atom stereocenters. The highest BCUT2D eigenvalue weighted by atomic mass is 33.7. The lowest BCUT2D eigenvalue weighted by Gasteiger charge is -2.31. The zero-order chi connectivity index (χ0) is 32.0. The number of fused-ring (bicyclic) bond motifs is 1. The average Bonchev–Trinajstić information content (AvgIpc) is 2.95. The van der Waals surface area contributed by atoms with Crippen LogP contribution in [0, 0.1) is 0 Å². The maximum atomic E-state index is 5.90. The third-order valence-corrected chi connectivity index (χ3v) is 19.1. The standard InChI is InChI=1S/C18H42O6S4Si2.C12H15N/c1-7-19-29(20-8-2,21-9-3)17-13-15-25-27-28-26-16-14-18-30(22-10-4,23-11-5)24-12-6;1-9-8-12(2,3)13-11-7-5-4-6-10(9)11/h7-18H2,1-6H3;4-8,13H,1-3H3. The van der Waals surface area contributed by atoms with Crippen LogP contribution in [0.4, 0.5) is 5.69 Å². The van der Waals surface area contributed by atoms with Crippen molar-refractivity contribution in [3.63, 3.8) is 0 Å². The molecule has 0 spiro atoms. The van der Waals surface area contributed by atoms with E-state index in [-0.39, 0.29) is 5.54 Å². The zero-order valence-electron chi connectivity index (χ0n) is 28.0. The van der Waals surface area contributed by atoms with Gasteiger partial charge < -0.3 is 31.9 Å². The molecule has 0 aromatic heterocycles. The van der Waals surface area contributed by atoms with Crippen LogP contribution in [0.15, 0.2) is 30.3 Å². The first-order valence-electron chi connectivity index (χ1n) is 15.6. The van der Waals surface area contributed by atoms with Crippen LogP contribution in [0.2, 0.25) is 12.1 Å². The molecule has 1 aliphatic heterocycles. The van der Waals surface area contributed by atoms with Crippen LogP contribution < -0.4 is 5.32 Å². The monoisotopic (exact) mass is 711 g/mol. The van der Waals surface area contributed by atoms with E-state index >= 15 is 0 Å². The van der Waals surface area contributed by atoms with E-state index < -0.39 is 17.6 Å². The Morgan fingerprint density at radius 3 is 1.44 bits per heavy atom. The predicted molar refractivity (Wildman–Crippen MR) is 198 cm³/mol. The van der Waals surface area contributed by atoms with Crippen LogP contribution >= 0.6 is 41.2 Å². The Balaban J connectivity index is 0.000000580. The second kappa shape index (κ2) is 23.6. The lowest BCUT2D eigenvalue weighted by Crippen LogP contribution is -2.46. The minimum atomic E-state index is -2.49. The second-order valence-electron chi connectivity index (χ2n) is 10.2. The fraction of sp³-hybridized carbons (Fsp3) is 0.733. The SMILES string of the molecule is CC1=CC(C)(C)Nc2ccccc21.CCO[Si](CCCSSSSCCC[Si](OCC)(OCC)OCC)(OCC)OCC. The number of para-hydroxylation sites is 1. The molecule has 250 valence electrons. The Morgan fingerprint density at radius 2 is 1.05 bits per heavy atom. The molecule has 0 radical (unpaired) electrons. The highest BCUT2D eigenvalue weighted by Crippen LogP contribution is 2.44. The molecule has 0 amide bonds. The van der Waals surface area contributed by atoms with Crippen molar-refractivity contribution in [2.75, 3.05) is 56.5 Å². The minimum Gasteiger partial charge on any atom is -0.376 e. The van der Waals surface area contributed by atoms with Crippen LogP contribution in [-0.4, -0.2) is 74.3 Å². The molecule has 0 bridgehead atoms. The Morgan fingerprint density at radius 1 is 0.651 bits per heavy atom. The normalized spacial score (nSPS) is 14.4. The van der Waals surface area contributed by atoms with Crippen molar-refractivity contribution in [1.29, 1.82) is 0 Å². The molecule has 1 aromatic carbocycles. The Kier molecular flexibility index (Phi) is 22.7. The first kappa shape index (κ1) is 41.4. The molecule has 7 nitrogen and oxygen atoms in total. The van der Waals surface area contributed by atoms with E-state index in [0.717, 1.165) is 36.4 Å². The molecule has 43 heavy (non-hydrogen) atoms. The van der Waals surface area contributed by atoms with Gasteiger partial charge in [0.1, 0.15) is 0 Å². The number of hydrogen-bond acceptors (Lipinski definition) is 11. The Bertz CT molecular complexity index is 832. The van der Waals surface area contributed by atoms with E-state index in [2.05, 4.69) is 56.4 Å². The molecule has 1 N–H and O–H groups in total. The number of allylic oxidation sites excluding steroid dienone is 1. The van der Waals surface area contributed by atoms with Crippen molar-refractivity contribution in [2.45, 2.75) is 92.8 Å². The molecule has 0 unspecified atom stereocenters. The maximum absolute atomic E-state index is 5.90. The molecule has 1 aromatic rings. The van der Waals surface area contributed by atoms with E-state index in [1.807, 2.05) is 82.8 Å². The predicted octanol–water partition coefficient (Wildman–Crippen LogP) is 9.84. The van der Waals surface area contributed by atoms with Gasteiger partial charge in [0, 0.05) is 74.5 Å². The highest BCUT2D eigenvalue weighted by molar-refractivity contribution is 9.26. The molecule has 2 rings (SSSR count). The number of hydrogen-bond donors (Lipinski definition) is 1. The fourth-order valence-electron chi connectivity index (χ4n) is 4.74. The summed E-state index contributed by atoms with van der Waals surface area (Å²) in [7, 11) is 2.48. The van der Waals surface area contributed by atoms with Crippen LogP contribution in [0.5, 0.6) is 0 Å². The van der Waals surface area contributed by atoms with E-state index in [1.165, 1.54) is 16.8 Å². The summed E-state index contributed by atoms with van der Waals surface area (Å²) in [6.07, 6.45) is 4.36. The van der Waals surface area contributed by atoms with Crippen molar-refractivity contribution >= 4 is 70.1 Å². The molecule has 0 fully saturated rings. The smallest absolute Gasteiger partial charge is 0.376 e. The van der Waals surface area contributed by atoms with Gasteiger partial charge in [-0.05, 0) is 106 Å². The quantitative estimate of drug-likeness (QED) is 0.0670. The molecule has 1 heterocycles. The first-order chi connectivity index (χ1) is 20.7. The van der Waals surface area contributed by atoms with E-state index in [1.54, 1.807) is 0 Å². The summed E-state index contributed by atoms with van der Waals surface area (Å²) >= 11 is 0. The summed E-state index contributed by atoms with van der Waals surface area (Å²) in [4.78, 5) is 0. The van der Waals surface area contributed by atoms with E-state index in [0.29, 0.717) is 39.6 Å². The Labute approximate surface area is 280 Å². The third-order valence-electron chi connectivity index (χ3n) is 6.12. The topological polar surface area (TPSA) is 67.4 Å². The van der Waals surface area contributed by atoms with Gasteiger partial charge in [0.15, 0.2) is 0 Å². The summed E-state index contributed by atoms with van der Waals surface area (Å²) in [6.45, 7) is 22.4. The lowest BCUT2D eigenvalue weighted by atomic mass is 9.91. The molecule has 0 saturated carbocycles. The zero-order valence-corrected chi connectivity index (χ0v) is 33.2. The Hall–Kier alpha value is 0.354. The van der Waals surface area contributed by atoms with Gasteiger partial charge in [-0.15, -0.1) is 0 Å². The summed E-state index contributed by atoms with van der Waals surface area (Å²) in [5, 5.41) is 3.49. The largest absolute Gasteiger partial charge is 0.500 e. The minimum absolute atomic E-state index is 0.0818. The highest BCUT2D eigenvalue weighted by Gasteiger charge is 2.40. The van der Waals surface area contributed by atoms with Crippen molar-refractivity contribution < 1.29 is 26.6 Å². The van der Waals surface area contributed by atoms with Gasteiger partial charge in [0.25, 0.3) is 0 Å². The number of nitrogens with one attached hydrogen (secondary N) is 1. The second-order valence-corrected chi connectivity index (χ2v) is 21.9. The van der Waals surface area contributed by atoms with Crippen molar-refractivity contribution in [1.82, 2.24) is 0 Å². The number of benzene rings is 1. The number of rotatable bonds is 23. The van der Waals surface area contributed by atoms with Gasteiger partial charge >= 0.3 is 17.6 Å². The molecular weight excluding hydrogens is 655 g/mol. The van der Waals surface area contributed by atoms with Crippen molar-refractivity contribution in [2.24, 2.45) is 0 Å². The molecule has 0 saturated heterocycles. The van der Waals surface area contributed by atoms with Crippen LogP contribution in [0.25, 0.3) is 5.57 Å². The first-order valence-corrected chi connectivity index (χ1v) is 24.7. The van der Waals surface area contributed by atoms with Crippen molar-refractivity contribution in [3.8, 4) is 0 Å². The average molecular weight is 712 g/mol. The summed E-state index contributed by atoms with van der Waals surface area (Å²) in [5.74, 6) is 2.13. The summed E-state index contributed by atoms with van der Waals surface area (Å²) < 4.78 is 35.4. The fourth-order valence-corrected chi connectivity index (χ4v) is 16.6. The molecule has 13 heteroatoms. The van der Waals surface area contributed by atoms with Gasteiger partial charge in [-0.3, -0.25) is 0 Å². The van der Waals surface area contributed by atoms with Gasteiger partial charge in [-0.25, -0.2) is 0 Å². The number of anilines is 1. The van der Waals surface area contributed by atoms with E-state index in [4.69, 9.17) is 26.6 Å². The third kappa shape index (κ3) is 16.7. The van der Waals surface area contributed by atoms with Gasteiger partial charge in [-0.2, -0.15) is 0 Å². The van der Waals surface area contributed by atoms with Gasteiger partial charge in [-0.1, -0.05) is 45.9 Å². The molecule has 1 aliphatic rings. The lowest BCUT2D eigenvalue weighted by molar-refractivity contribution is 0.0704. The molecule has 0 aliphatic carbocycles. The van der Waals surface area contributed by atoms with Crippen LogP contribution in [0.1, 0.15) is 80.7 Å². The van der Waals surface area contributed by atoms with Gasteiger partial charge in [0.05, 0.1) is 5.54 Å². The summed E-state index contributed by atoms with van der Waals surface area (Å²) in [5.41, 5.74) is 4.01. The summed E-state index contributed by atoms with van der Waals surface area (Å²) in [6, 6.07) is 10.2. The van der Waals surface area contributed by atoms with E-state index in [9.17, 15) is 0 Å². The van der Waals surface area contributed by atoms with Gasteiger partial charge in [0.2, 0.25) is 0 Å². The van der Waals surface area contributed by atoms with Crippen LogP contribution in [-0.2, 0) is 26.6 Å².